The van der Waals surface area contributed by atoms with E-state index in [2.05, 4.69) is 63.8 Å². The molecule has 0 amide bonds. The third-order valence-corrected chi connectivity index (χ3v) is 5.53. The minimum Gasteiger partial charge on any atom is -0.212 e. The Morgan fingerprint density at radius 1 is 0.931 bits per heavy atom. The Bertz CT molecular complexity index is 1310. The van der Waals surface area contributed by atoms with Crippen LogP contribution >= 0.6 is 15.9 Å². The van der Waals surface area contributed by atoms with E-state index in [4.69, 9.17) is 15.0 Å². The Morgan fingerprint density at radius 3 is 2.66 bits per heavy atom. The maximum atomic E-state index is 4.89. The molecule has 2 aliphatic rings. The average molecular weight is 438 g/mol. The van der Waals surface area contributed by atoms with Crippen molar-refractivity contribution >= 4 is 32.3 Å². The van der Waals surface area contributed by atoms with E-state index in [-0.39, 0.29) is 5.92 Å². The number of benzene rings is 2. The van der Waals surface area contributed by atoms with Crippen LogP contribution in [0.4, 0.5) is 0 Å². The summed E-state index contributed by atoms with van der Waals surface area (Å²) in [5, 5.41) is 2.29. The van der Waals surface area contributed by atoms with Gasteiger partial charge in [-0.05, 0) is 33.8 Å². The monoisotopic (exact) mass is 437 g/mol. The Hall–Kier alpha value is -3.29. The predicted octanol–water partition coefficient (Wildman–Crippen LogP) is 6.28. The van der Waals surface area contributed by atoms with Crippen molar-refractivity contribution in [3.63, 3.8) is 0 Å². The first-order chi connectivity index (χ1) is 14.3. The lowest BCUT2D eigenvalue weighted by molar-refractivity contribution is 0.753. The molecule has 4 heteroatoms. The quantitative estimate of drug-likeness (QED) is 0.452. The first-order valence-electron chi connectivity index (χ1n) is 9.44. The van der Waals surface area contributed by atoms with Gasteiger partial charge in [-0.15, -0.1) is 0 Å². The summed E-state index contributed by atoms with van der Waals surface area (Å²) in [6.45, 7) is 0. The molecule has 0 saturated heterocycles. The van der Waals surface area contributed by atoms with E-state index in [0.717, 1.165) is 38.6 Å². The second-order valence-electron chi connectivity index (χ2n) is 6.89. The lowest BCUT2D eigenvalue weighted by Crippen LogP contribution is -2.10. The molecule has 1 atom stereocenters. The van der Waals surface area contributed by atoms with E-state index >= 15 is 0 Å². The molecular formula is C25H16BrN3. The van der Waals surface area contributed by atoms with Gasteiger partial charge in [-0.2, -0.15) is 0 Å². The molecular weight excluding hydrogens is 422 g/mol. The zero-order chi connectivity index (χ0) is 19.6. The molecule has 138 valence electrons. The topological polar surface area (TPSA) is 38.7 Å². The standard InChI is InChI=1S/C25H16BrN3/c26-20-13-6-12-19(16-20)24-27-23(18-9-2-1-3-10-18)28-25(29-24)22-15-7-11-17-8-4-5-14-21(17)22/h1-2,4-9,11-15,19H,16H2. The smallest absolute Gasteiger partial charge is 0.172 e. The van der Waals surface area contributed by atoms with Gasteiger partial charge in [0.1, 0.15) is 5.82 Å². The fourth-order valence-corrected chi connectivity index (χ4v) is 4.02. The molecule has 2 aromatic carbocycles. The Balaban J connectivity index is 1.72. The fraction of sp³-hybridized carbons (Fsp3) is 0.0800. The highest BCUT2D eigenvalue weighted by Gasteiger charge is 2.20. The van der Waals surface area contributed by atoms with Crippen LogP contribution in [0.2, 0.25) is 0 Å². The Morgan fingerprint density at radius 2 is 1.79 bits per heavy atom. The van der Waals surface area contributed by atoms with E-state index in [9.17, 15) is 0 Å². The van der Waals surface area contributed by atoms with Crippen molar-refractivity contribution in [1.82, 2.24) is 15.0 Å². The molecule has 0 N–H and O–H groups in total. The maximum absolute atomic E-state index is 4.89. The molecule has 3 nitrogen and oxygen atoms in total. The summed E-state index contributed by atoms with van der Waals surface area (Å²) < 4.78 is 1.14. The van der Waals surface area contributed by atoms with Crippen LogP contribution in [0.25, 0.3) is 27.7 Å². The summed E-state index contributed by atoms with van der Waals surface area (Å²) in [5.41, 5.74) is 7.94. The number of hydrogen-bond acceptors (Lipinski definition) is 3. The first kappa shape index (κ1) is 17.8. The highest BCUT2D eigenvalue weighted by Crippen LogP contribution is 2.32. The third kappa shape index (κ3) is 3.57. The summed E-state index contributed by atoms with van der Waals surface area (Å²) >= 11 is 3.61. The van der Waals surface area contributed by atoms with Crippen LogP contribution in [0.5, 0.6) is 0 Å². The zero-order valence-corrected chi connectivity index (χ0v) is 17.1. The van der Waals surface area contributed by atoms with Crippen molar-refractivity contribution < 1.29 is 0 Å². The van der Waals surface area contributed by atoms with Crippen LogP contribution < -0.4 is 0 Å². The van der Waals surface area contributed by atoms with E-state index in [1.54, 1.807) is 0 Å². The van der Waals surface area contributed by atoms with Crippen molar-refractivity contribution in [2.45, 2.75) is 12.3 Å². The Kier molecular flexibility index (Phi) is 4.67. The number of halogens is 1. The molecule has 0 spiro atoms. The second kappa shape index (κ2) is 7.62. The molecule has 29 heavy (non-hydrogen) atoms. The molecule has 1 aromatic heterocycles. The van der Waals surface area contributed by atoms with E-state index < -0.39 is 0 Å². The fourth-order valence-electron chi connectivity index (χ4n) is 3.52. The number of rotatable bonds is 3. The molecule has 1 heterocycles. The summed E-state index contributed by atoms with van der Waals surface area (Å²) in [6.07, 6.45) is 12.8. The van der Waals surface area contributed by atoms with Crippen LogP contribution in [0.15, 0.2) is 94.9 Å². The van der Waals surface area contributed by atoms with Gasteiger partial charge in [0.15, 0.2) is 11.6 Å². The van der Waals surface area contributed by atoms with Gasteiger partial charge >= 0.3 is 0 Å². The Labute approximate surface area is 177 Å². The molecule has 0 radical (unpaired) electrons. The molecule has 0 saturated carbocycles. The van der Waals surface area contributed by atoms with Gasteiger partial charge in [-0.1, -0.05) is 94.2 Å². The van der Waals surface area contributed by atoms with E-state index in [1.165, 1.54) is 0 Å². The number of hydrogen-bond donors (Lipinski definition) is 0. The summed E-state index contributed by atoms with van der Waals surface area (Å²) in [7, 11) is 0. The minimum absolute atomic E-state index is 0.0949. The largest absolute Gasteiger partial charge is 0.212 e. The van der Waals surface area contributed by atoms with Crippen LogP contribution in [-0.4, -0.2) is 15.0 Å². The SMILES string of the molecule is BrC1=CC=CC(c2nc(C3=C=C=CC=C3)nc(-c3cccc4ccccc34)n2)C1. The van der Waals surface area contributed by atoms with Crippen LogP contribution in [0.3, 0.4) is 0 Å². The molecule has 1 unspecified atom stereocenters. The van der Waals surface area contributed by atoms with Crippen molar-refractivity contribution in [2.75, 3.05) is 0 Å². The van der Waals surface area contributed by atoms with Crippen molar-refractivity contribution in [3.8, 4) is 11.4 Å². The average Bonchev–Trinajstić information content (AvgIpc) is 2.79. The van der Waals surface area contributed by atoms with Crippen molar-refractivity contribution in [1.29, 1.82) is 0 Å². The molecule has 0 aliphatic heterocycles. The van der Waals surface area contributed by atoms with Gasteiger partial charge in [0.05, 0.1) is 5.57 Å². The number of fused-ring (bicyclic) bond motifs is 1. The normalized spacial score (nSPS) is 17.5. The second-order valence-corrected chi connectivity index (χ2v) is 7.90. The minimum atomic E-state index is 0.0949. The maximum Gasteiger partial charge on any atom is 0.172 e. The van der Waals surface area contributed by atoms with Crippen LogP contribution in [-0.2, 0) is 0 Å². The number of aromatic nitrogens is 3. The highest BCUT2D eigenvalue weighted by atomic mass is 79.9. The lowest BCUT2D eigenvalue weighted by Gasteiger charge is -2.16. The van der Waals surface area contributed by atoms with Gasteiger partial charge in [0.25, 0.3) is 0 Å². The number of nitrogens with zero attached hydrogens (tertiary/aromatic N) is 3. The number of allylic oxidation sites excluding steroid dienone is 8. The first-order valence-corrected chi connectivity index (χ1v) is 10.2. The van der Waals surface area contributed by atoms with Crippen LogP contribution in [0.1, 0.15) is 24.0 Å². The van der Waals surface area contributed by atoms with Gasteiger partial charge in [-0.25, -0.2) is 15.0 Å². The third-order valence-electron chi connectivity index (χ3n) is 4.94. The molecule has 0 bridgehead atoms. The van der Waals surface area contributed by atoms with E-state index in [0.29, 0.717) is 11.6 Å². The lowest BCUT2D eigenvalue weighted by atomic mass is 9.99. The van der Waals surface area contributed by atoms with E-state index in [1.807, 2.05) is 42.5 Å². The highest BCUT2D eigenvalue weighted by molar-refractivity contribution is 9.11. The van der Waals surface area contributed by atoms with Crippen LogP contribution in [0, 0.1) is 0 Å². The van der Waals surface area contributed by atoms with Gasteiger partial charge in [0.2, 0.25) is 0 Å². The molecule has 0 fully saturated rings. The molecule has 2 aliphatic carbocycles. The van der Waals surface area contributed by atoms with Crippen molar-refractivity contribution in [3.05, 3.63) is 107 Å². The predicted molar refractivity (Wildman–Crippen MR) is 120 cm³/mol. The van der Waals surface area contributed by atoms with Crippen molar-refractivity contribution in [2.24, 2.45) is 0 Å². The molecule has 3 aromatic rings. The summed E-state index contributed by atoms with van der Waals surface area (Å²) in [4.78, 5) is 14.5. The summed E-state index contributed by atoms with van der Waals surface area (Å²) in [5.74, 6) is 2.15. The van der Waals surface area contributed by atoms with Gasteiger partial charge < -0.3 is 0 Å². The zero-order valence-electron chi connectivity index (χ0n) is 15.5. The summed E-state index contributed by atoms with van der Waals surface area (Å²) in [6, 6.07) is 14.5. The van der Waals surface area contributed by atoms with Gasteiger partial charge in [0, 0.05) is 11.5 Å². The van der Waals surface area contributed by atoms with Gasteiger partial charge in [-0.3, -0.25) is 0 Å². The molecule has 5 rings (SSSR count).